The Morgan fingerprint density at radius 3 is 2.73 bits per heavy atom. The molecule has 1 aliphatic carbocycles. The van der Waals surface area contributed by atoms with E-state index in [1.807, 2.05) is 12.4 Å². The average Bonchev–Trinajstić information content (AvgIpc) is 3.02. The summed E-state index contributed by atoms with van der Waals surface area (Å²) in [6.45, 7) is 4.27. The standard InChI is InChI=1S/C12H18N2O/c1-10(8-13-11-2-3-11)9-14-6-4-12(15)5-7-14/h4-7,10-11,13H,2-3,8-9H2,1H3. The first kappa shape index (κ1) is 10.4. The van der Waals surface area contributed by atoms with Gasteiger partial charge in [-0.25, -0.2) is 0 Å². The Morgan fingerprint density at radius 2 is 2.13 bits per heavy atom. The molecule has 82 valence electrons. The summed E-state index contributed by atoms with van der Waals surface area (Å²) in [6.07, 6.45) is 6.39. The van der Waals surface area contributed by atoms with Gasteiger partial charge in [0.2, 0.25) is 0 Å². The zero-order valence-electron chi connectivity index (χ0n) is 9.15. The summed E-state index contributed by atoms with van der Waals surface area (Å²) in [5.41, 5.74) is 0.0787. The molecule has 15 heavy (non-hydrogen) atoms. The molecule has 0 spiro atoms. The quantitative estimate of drug-likeness (QED) is 0.786. The van der Waals surface area contributed by atoms with Crippen molar-refractivity contribution in [1.82, 2.24) is 9.88 Å². The molecule has 1 fully saturated rings. The third kappa shape index (κ3) is 3.51. The second-order valence-electron chi connectivity index (χ2n) is 4.52. The number of pyridine rings is 1. The van der Waals surface area contributed by atoms with Crippen LogP contribution in [0, 0.1) is 5.92 Å². The van der Waals surface area contributed by atoms with Crippen molar-refractivity contribution in [3.05, 3.63) is 34.7 Å². The van der Waals surface area contributed by atoms with Crippen LogP contribution < -0.4 is 10.7 Å². The highest BCUT2D eigenvalue weighted by Crippen LogP contribution is 2.18. The summed E-state index contributed by atoms with van der Waals surface area (Å²) >= 11 is 0. The normalized spacial score (nSPS) is 17.7. The lowest BCUT2D eigenvalue weighted by atomic mass is 10.2. The van der Waals surface area contributed by atoms with Crippen LogP contribution in [0.15, 0.2) is 29.3 Å². The maximum absolute atomic E-state index is 10.9. The molecule has 1 unspecified atom stereocenters. The predicted octanol–water partition coefficient (Wildman–Crippen LogP) is 1.24. The molecule has 0 bridgehead atoms. The first-order valence-corrected chi connectivity index (χ1v) is 5.63. The van der Waals surface area contributed by atoms with E-state index in [0.717, 1.165) is 19.1 Å². The van der Waals surface area contributed by atoms with E-state index in [1.54, 1.807) is 12.1 Å². The Hall–Kier alpha value is -1.09. The van der Waals surface area contributed by atoms with Crippen LogP contribution in [-0.2, 0) is 6.54 Å². The van der Waals surface area contributed by atoms with Gasteiger partial charge in [0.25, 0.3) is 0 Å². The first-order valence-electron chi connectivity index (χ1n) is 5.63. The highest BCUT2D eigenvalue weighted by Gasteiger charge is 2.20. The summed E-state index contributed by atoms with van der Waals surface area (Å²) < 4.78 is 2.07. The van der Waals surface area contributed by atoms with Crippen LogP contribution in [0.25, 0.3) is 0 Å². The lowest BCUT2D eigenvalue weighted by Gasteiger charge is -2.14. The fourth-order valence-electron chi connectivity index (χ4n) is 1.65. The topological polar surface area (TPSA) is 34.0 Å². The van der Waals surface area contributed by atoms with Crippen molar-refractivity contribution < 1.29 is 0 Å². The fraction of sp³-hybridized carbons (Fsp3) is 0.583. The zero-order chi connectivity index (χ0) is 10.7. The molecule has 1 atom stereocenters. The van der Waals surface area contributed by atoms with Crippen LogP contribution in [0.3, 0.4) is 0 Å². The van der Waals surface area contributed by atoms with Crippen LogP contribution in [0.1, 0.15) is 19.8 Å². The molecular formula is C12H18N2O. The van der Waals surface area contributed by atoms with Gasteiger partial charge in [0, 0.05) is 37.1 Å². The lowest BCUT2D eigenvalue weighted by molar-refractivity contribution is 0.443. The van der Waals surface area contributed by atoms with E-state index in [9.17, 15) is 4.79 Å². The largest absolute Gasteiger partial charge is 0.354 e. The molecule has 1 saturated carbocycles. The molecule has 1 heterocycles. The van der Waals surface area contributed by atoms with Crippen molar-refractivity contribution >= 4 is 0 Å². The second-order valence-corrected chi connectivity index (χ2v) is 4.52. The Morgan fingerprint density at radius 1 is 1.47 bits per heavy atom. The molecule has 0 saturated heterocycles. The first-order chi connectivity index (χ1) is 7.24. The highest BCUT2D eigenvalue weighted by molar-refractivity contribution is 4.93. The molecule has 0 aromatic carbocycles. The molecule has 3 nitrogen and oxygen atoms in total. The molecule has 2 rings (SSSR count). The summed E-state index contributed by atoms with van der Waals surface area (Å²) in [5.74, 6) is 0.605. The van der Waals surface area contributed by atoms with Gasteiger partial charge in [0.05, 0.1) is 0 Å². The molecule has 1 aliphatic rings. The SMILES string of the molecule is CC(CNC1CC1)Cn1ccc(=O)cc1. The van der Waals surface area contributed by atoms with Crippen LogP contribution in [-0.4, -0.2) is 17.2 Å². The van der Waals surface area contributed by atoms with Crippen LogP contribution in [0.2, 0.25) is 0 Å². The summed E-state index contributed by atoms with van der Waals surface area (Å²) in [6, 6.07) is 4.00. The predicted molar refractivity (Wildman–Crippen MR) is 60.9 cm³/mol. The van der Waals surface area contributed by atoms with Crippen molar-refractivity contribution in [3.63, 3.8) is 0 Å². The second kappa shape index (κ2) is 4.62. The fourth-order valence-corrected chi connectivity index (χ4v) is 1.65. The van der Waals surface area contributed by atoms with Gasteiger partial charge in [-0.15, -0.1) is 0 Å². The Bertz CT molecular complexity index is 348. The number of nitrogens with one attached hydrogen (secondary N) is 1. The molecule has 1 N–H and O–H groups in total. The maximum atomic E-state index is 10.9. The van der Waals surface area contributed by atoms with Crippen molar-refractivity contribution in [3.8, 4) is 0 Å². The minimum Gasteiger partial charge on any atom is -0.354 e. The molecule has 0 aliphatic heterocycles. The van der Waals surface area contributed by atoms with E-state index in [-0.39, 0.29) is 5.43 Å². The van der Waals surface area contributed by atoms with Crippen molar-refractivity contribution in [2.45, 2.75) is 32.4 Å². The zero-order valence-corrected chi connectivity index (χ0v) is 9.15. The summed E-state index contributed by atoms with van der Waals surface area (Å²) in [4.78, 5) is 10.9. The summed E-state index contributed by atoms with van der Waals surface area (Å²) in [5, 5.41) is 3.51. The van der Waals surface area contributed by atoms with Crippen LogP contribution in [0.5, 0.6) is 0 Å². The van der Waals surface area contributed by atoms with E-state index in [0.29, 0.717) is 5.92 Å². The van der Waals surface area contributed by atoms with E-state index in [2.05, 4.69) is 16.8 Å². The van der Waals surface area contributed by atoms with Gasteiger partial charge >= 0.3 is 0 Å². The monoisotopic (exact) mass is 206 g/mol. The third-order valence-corrected chi connectivity index (χ3v) is 2.72. The Balaban J connectivity index is 1.79. The highest BCUT2D eigenvalue weighted by atomic mass is 16.1. The van der Waals surface area contributed by atoms with E-state index >= 15 is 0 Å². The van der Waals surface area contributed by atoms with Crippen molar-refractivity contribution in [2.24, 2.45) is 5.92 Å². The number of hydrogen-bond acceptors (Lipinski definition) is 2. The average molecular weight is 206 g/mol. The Labute approximate surface area is 90.1 Å². The van der Waals surface area contributed by atoms with Gasteiger partial charge < -0.3 is 9.88 Å². The maximum Gasteiger partial charge on any atom is 0.181 e. The van der Waals surface area contributed by atoms with Crippen molar-refractivity contribution in [1.29, 1.82) is 0 Å². The van der Waals surface area contributed by atoms with Gasteiger partial charge in [-0.1, -0.05) is 6.92 Å². The van der Waals surface area contributed by atoms with E-state index in [1.165, 1.54) is 12.8 Å². The van der Waals surface area contributed by atoms with Gasteiger partial charge in [-0.2, -0.15) is 0 Å². The van der Waals surface area contributed by atoms with Crippen molar-refractivity contribution in [2.75, 3.05) is 6.54 Å². The van der Waals surface area contributed by atoms with Crippen LogP contribution in [0.4, 0.5) is 0 Å². The molecule has 3 heteroatoms. The van der Waals surface area contributed by atoms with Gasteiger partial charge in [-0.3, -0.25) is 4.79 Å². The molecule has 0 amide bonds. The minimum absolute atomic E-state index is 0.0787. The lowest BCUT2D eigenvalue weighted by Crippen LogP contribution is -2.25. The van der Waals surface area contributed by atoms with Crippen LogP contribution >= 0.6 is 0 Å². The Kier molecular flexibility index (Phi) is 3.21. The summed E-state index contributed by atoms with van der Waals surface area (Å²) in [7, 11) is 0. The molecule has 0 radical (unpaired) electrons. The smallest absolute Gasteiger partial charge is 0.181 e. The number of aromatic nitrogens is 1. The number of nitrogens with zero attached hydrogens (tertiary/aromatic N) is 1. The third-order valence-electron chi connectivity index (χ3n) is 2.72. The van der Waals surface area contributed by atoms with E-state index < -0.39 is 0 Å². The minimum atomic E-state index is 0.0787. The number of rotatable bonds is 5. The molecular weight excluding hydrogens is 188 g/mol. The van der Waals surface area contributed by atoms with Gasteiger partial charge in [0.15, 0.2) is 5.43 Å². The number of hydrogen-bond donors (Lipinski definition) is 1. The molecule has 1 aromatic heterocycles. The molecule has 1 aromatic rings. The van der Waals surface area contributed by atoms with E-state index in [4.69, 9.17) is 0 Å². The van der Waals surface area contributed by atoms with Gasteiger partial charge in [-0.05, 0) is 25.3 Å². The van der Waals surface area contributed by atoms with Gasteiger partial charge in [0.1, 0.15) is 0 Å².